The van der Waals surface area contributed by atoms with Crippen molar-refractivity contribution >= 4 is 17.8 Å². The fourth-order valence-corrected chi connectivity index (χ4v) is 1.28. The molecule has 0 radical (unpaired) electrons. The number of amides is 1. The van der Waals surface area contributed by atoms with Crippen LogP contribution in [0.2, 0.25) is 0 Å². The van der Waals surface area contributed by atoms with Crippen molar-refractivity contribution in [3.8, 4) is 0 Å². The predicted molar refractivity (Wildman–Crippen MR) is 66.8 cm³/mol. The van der Waals surface area contributed by atoms with Gasteiger partial charge in [0.15, 0.2) is 6.61 Å². The number of rotatable bonds is 4. The van der Waals surface area contributed by atoms with Crippen LogP contribution in [0.4, 0.5) is 0 Å². The third-order valence-corrected chi connectivity index (χ3v) is 2.38. The van der Waals surface area contributed by atoms with Crippen molar-refractivity contribution in [3.05, 3.63) is 35.4 Å². The van der Waals surface area contributed by atoms with Gasteiger partial charge in [-0.25, -0.2) is 9.59 Å². The second-order valence-electron chi connectivity index (χ2n) is 3.90. The van der Waals surface area contributed by atoms with E-state index in [1.54, 1.807) is 26.2 Å². The summed E-state index contributed by atoms with van der Waals surface area (Å²) in [7, 11) is 4.33. The summed E-state index contributed by atoms with van der Waals surface area (Å²) >= 11 is 0. The minimum Gasteiger partial charge on any atom is -0.465 e. The van der Waals surface area contributed by atoms with E-state index in [0.717, 1.165) is 0 Å². The molecule has 1 aromatic rings. The van der Waals surface area contributed by atoms with E-state index < -0.39 is 11.9 Å². The molecule has 1 rings (SSSR count). The van der Waals surface area contributed by atoms with Crippen LogP contribution in [0.1, 0.15) is 20.7 Å². The second kappa shape index (κ2) is 6.53. The maximum absolute atomic E-state index is 11.8. The van der Waals surface area contributed by atoms with Crippen molar-refractivity contribution in [1.82, 2.24) is 4.90 Å². The highest BCUT2D eigenvalue weighted by Gasteiger charge is 2.19. The van der Waals surface area contributed by atoms with Gasteiger partial charge in [0.2, 0.25) is 0 Å². The quantitative estimate of drug-likeness (QED) is 0.750. The Kier molecular flexibility index (Phi) is 5.05. The number of carbonyl (C=O) groups is 3. The molecule has 0 bridgehead atoms. The number of methoxy groups -OCH3 is 1. The first kappa shape index (κ1) is 14.7. The number of likely N-dealkylation sites (N-methyl/N-ethyl adjacent to an activating group) is 1. The molecule has 0 fully saturated rings. The lowest BCUT2D eigenvalue weighted by Gasteiger charge is -2.11. The summed E-state index contributed by atoms with van der Waals surface area (Å²) in [5.41, 5.74) is 0.174. The smallest absolute Gasteiger partial charge is 0.339 e. The Morgan fingerprint density at radius 2 is 1.58 bits per heavy atom. The molecule has 0 N–H and O–H groups in total. The number of ether oxygens (including phenoxy) is 2. The summed E-state index contributed by atoms with van der Waals surface area (Å²) in [5, 5.41) is 0. The Morgan fingerprint density at radius 1 is 1.05 bits per heavy atom. The molecule has 0 aromatic heterocycles. The summed E-state index contributed by atoms with van der Waals surface area (Å²) in [6.45, 7) is -0.374. The maximum atomic E-state index is 11.8. The molecule has 102 valence electrons. The lowest BCUT2D eigenvalue weighted by Crippen LogP contribution is -2.28. The Hall–Kier alpha value is -2.37. The van der Waals surface area contributed by atoms with E-state index >= 15 is 0 Å². The van der Waals surface area contributed by atoms with Crippen LogP contribution in [-0.4, -0.2) is 50.6 Å². The summed E-state index contributed by atoms with van der Waals surface area (Å²) < 4.78 is 9.42. The van der Waals surface area contributed by atoms with E-state index in [4.69, 9.17) is 4.74 Å². The highest BCUT2D eigenvalue weighted by atomic mass is 16.5. The van der Waals surface area contributed by atoms with E-state index in [0.29, 0.717) is 0 Å². The van der Waals surface area contributed by atoms with Crippen molar-refractivity contribution in [2.45, 2.75) is 0 Å². The van der Waals surface area contributed by atoms with E-state index in [1.165, 1.54) is 24.1 Å². The zero-order valence-electron chi connectivity index (χ0n) is 11.0. The summed E-state index contributed by atoms with van der Waals surface area (Å²) in [6.07, 6.45) is 0. The van der Waals surface area contributed by atoms with Crippen molar-refractivity contribution in [1.29, 1.82) is 0 Å². The molecule has 1 amide bonds. The predicted octanol–water partition coefficient (Wildman–Crippen LogP) is 0.718. The lowest BCUT2D eigenvalue weighted by molar-refractivity contribution is -0.131. The van der Waals surface area contributed by atoms with Gasteiger partial charge in [0.05, 0.1) is 18.2 Å². The van der Waals surface area contributed by atoms with E-state index in [-0.39, 0.29) is 23.6 Å². The van der Waals surface area contributed by atoms with Crippen molar-refractivity contribution in [2.24, 2.45) is 0 Å². The molecule has 0 unspecified atom stereocenters. The zero-order valence-corrected chi connectivity index (χ0v) is 11.0. The van der Waals surface area contributed by atoms with E-state index in [2.05, 4.69) is 4.74 Å². The van der Waals surface area contributed by atoms with Gasteiger partial charge in [0, 0.05) is 14.1 Å². The molecule has 6 nitrogen and oxygen atoms in total. The van der Waals surface area contributed by atoms with Crippen LogP contribution >= 0.6 is 0 Å². The number of benzene rings is 1. The van der Waals surface area contributed by atoms with E-state index in [1.807, 2.05) is 0 Å². The zero-order chi connectivity index (χ0) is 14.4. The molecule has 1 aromatic carbocycles. The Labute approximate surface area is 110 Å². The molecule has 0 spiro atoms. The molecular formula is C13H15NO5. The van der Waals surface area contributed by atoms with E-state index in [9.17, 15) is 14.4 Å². The van der Waals surface area contributed by atoms with Crippen molar-refractivity contribution in [3.63, 3.8) is 0 Å². The average Bonchev–Trinajstić information content (AvgIpc) is 2.43. The molecule has 0 saturated carbocycles. The van der Waals surface area contributed by atoms with Crippen LogP contribution in [0.5, 0.6) is 0 Å². The average molecular weight is 265 g/mol. The Bertz CT molecular complexity index is 496. The van der Waals surface area contributed by atoms with Crippen LogP contribution < -0.4 is 0 Å². The van der Waals surface area contributed by atoms with Gasteiger partial charge in [-0.1, -0.05) is 12.1 Å². The second-order valence-corrected chi connectivity index (χ2v) is 3.90. The fourth-order valence-electron chi connectivity index (χ4n) is 1.28. The minimum atomic E-state index is -0.740. The lowest BCUT2D eigenvalue weighted by atomic mass is 10.1. The minimum absolute atomic E-state index is 0.0703. The highest BCUT2D eigenvalue weighted by molar-refractivity contribution is 6.03. The topological polar surface area (TPSA) is 72.9 Å². The molecule has 0 atom stereocenters. The van der Waals surface area contributed by atoms with Crippen LogP contribution in [0.3, 0.4) is 0 Å². The Morgan fingerprint density at radius 3 is 2.05 bits per heavy atom. The monoisotopic (exact) mass is 265 g/mol. The summed E-state index contributed by atoms with van der Waals surface area (Å²) in [6, 6.07) is 6.09. The SMILES string of the molecule is COC(=O)c1ccccc1C(=O)OCC(=O)N(C)C. The molecule has 19 heavy (non-hydrogen) atoms. The standard InChI is InChI=1S/C13H15NO5/c1-14(2)11(15)8-19-13(17)10-7-5-4-6-9(10)12(16)18-3/h4-7H,8H2,1-3H3. The number of hydrogen-bond acceptors (Lipinski definition) is 5. The van der Waals surface area contributed by atoms with Gasteiger partial charge >= 0.3 is 11.9 Å². The van der Waals surface area contributed by atoms with Gasteiger partial charge in [-0.15, -0.1) is 0 Å². The third kappa shape index (κ3) is 3.80. The van der Waals surface area contributed by atoms with Crippen molar-refractivity contribution in [2.75, 3.05) is 27.8 Å². The molecule has 0 aliphatic carbocycles. The Balaban J connectivity index is 2.83. The number of hydrogen-bond donors (Lipinski definition) is 0. The van der Waals surface area contributed by atoms with Crippen molar-refractivity contribution < 1.29 is 23.9 Å². The van der Waals surface area contributed by atoms with Gasteiger partial charge in [0.1, 0.15) is 0 Å². The molecule has 6 heteroatoms. The largest absolute Gasteiger partial charge is 0.465 e. The van der Waals surface area contributed by atoms with Crippen LogP contribution in [0.25, 0.3) is 0 Å². The third-order valence-electron chi connectivity index (χ3n) is 2.38. The number of esters is 2. The van der Waals surface area contributed by atoms with Gasteiger partial charge in [-0.3, -0.25) is 4.79 Å². The summed E-state index contributed by atoms with van der Waals surface area (Å²) in [4.78, 5) is 35.9. The van der Waals surface area contributed by atoms with Gasteiger partial charge in [-0.2, -0.15) is 0 Å². The normalized spacial score (nSPS) is 9.63. The molecular weight excluding hydrogens is 250 g/mol. The van der Waals surface area contributed by atoms with Gasteiger partial charge in [0.25, 0.3) is 5.91 Å². The molecule has 0 heterocycles. The maximum Gasteiger partial charge on any atom is 0.339 e. The van der Waals surface area contributed by atoms with Gasteiger partial charge < -0.3 is 14.4 Å². The van der Waals surface area contributed by atoms with Crippen LogP contribution in [-0.2, 0) is 14.3 Å². The van der Waals surface area contributed by atoms with Crippen LogP contribution in [0.15, 0.2) is 24.3 Å². The highest BCUT2D eigenvalue weighted by Crippen LogP contribution is 2.11. The molecule has 0 aliphatic heterocycles. The number of carbonyl (C=O) groups excluding carboxylic acids is 3. The first-order valence-electron chi connectivity index (χ1n) is 5.52. The first-order valence-corrected chi connectivity index (χ1v) is 5.52. The first-order chi connectivity index (χ1) is 8.97. The molecule has 0 saturated heterocycles. The fraction of sp³-hybridized carbons (Fsp3) is 0.308. The molecule has 0 aliphatic rings. The van der Waals surface area contributed by atoms with Crippen LogP contribution in [0, 0.1) is 0 Å². The van der Waals surface area contributed by atoms with Gasteiger partial charge in [-0.05, 0) is 12.1 Å². The summed E-state index contributed by atoms with van der Waals surface area (Å²) in [5.74, 6) is -1.72. The number of nitrogens with zero attached hydrogens (tertiary/aromatic N) is 1.